The Morgan fingerprint density at radius 2 is 2.33 bits per heavy atom. The maximum atomic E-state index is 5.63. The van der Waals surface area contributed by atoms with Crippen LogP contribution in [0.1, 0.15) is 18.4 Å². The van der Waals surface area contributed by atoms with Gasteiger partial charge in [-0.15, -0.1) is 0 Å². The topological polar surface area (TPSA) is 48.1 Å². The fourth-order valence-electron chi connectivity index (χ4n) is 1.03. The predicted molar refractivity (Wildman–Crippen MR) is 47.0 cm³/mol. The maximum Gasteiger partial charge on any atom is 0.129 e. The first kappa shape index (κ1) is 7.40. The molecule has 0 saturated heterocycles. The Morgan fingerprint density at radius 1 is 1.58 bits per heavy atom. The number of nitrogens with two attached hydrogens (primary N) is 1. The molecule has 2 rings (SSSR count). The van der Waals surface area contributed by atoms with Gasteiger partial charge in [-0.3, -0.25) is 0 Å². The number of pyridine rings is 1. The van der Waals surface area contributed by atoms with Crippen LogP contribution in [0.5, 0.6) is 5.75 Å². The number of nitrogens with zero attached hydrogens (tertiary/aromatic N) is 1. The highest BCUT2D eigenvalue weighted by Gasteiger charge is 2.24. The van der Waals surface area contributed by atoms with Gasteiger partial charge < -0.3 is 10.5 Å². The molecule has 0 radical (unpaired) electrons. The molecule has 3 heteroatoms. The minimum absolute atomic E-state index is 0.422. The number of nitrogen functional groups attached to an aromatic ring is 1. The minimum atomic E-state index is 0.422. The highest BCUT2D eigenvalue weighted by molar-refractivity contribution is 5.47. The number of ether oxygens (including phenoxy) is 1. The van der Waals surface area contributed by atoms with E-state index >= 15 is 0 Å². The normalized spacial score (nSPS) is 16.1. The zero-order valence-electron chi connectivity index (χ0n) is 7.08. The molecule has 1 saturated carbocycles. The summed E-state index contributed by atoms with van der Waals surface area (Å²) in [5.41, 5.74) is 6.57. The molecule has 1 aromatic heterocycles. The van der Waals surface area contributed by atoms with Gasteiger partial charge in [0.2, 0.25) is 0 Å². The van der Waals surface area contributed by atoms with Crippen molar-refractivity contribution in [2.75, 3.05) is 5.73 Å². The Morgan fingerprint density at radius 3 is 3.00 bits per heavy atom. The summed E-state index contributed by atoms with van der Waals surface area (Å²) in [4.78, 5) is 3.96. The molecule has 12 heavy (non-hydrogen) atoms. The highest BCUT2D eigenvalue weighted by atomic mass is 16.5. The summed E-state index contributed by atoms with van der Waals surface area (Å²) in [6, 6.07) is 1.87. The summed E-state index contributed by atoms with van der Waals surface area (Å²) >= 11 is 0. The van der Waals surface area contributed by atoms with Crippen LogP contribution in [-0.2, 0) is 0 Å². The van der Waals surface area contributed by atoms with Gasteiger partial charge in [-0.2, -0.15) is 0 Å². The van der Waals surface area contributed by atoms with E-state index in [0.717, 1.165) is 11.3 Å². The molecule has 0 unspecified atom stereocenters. The van der Waals surface area contributed by atoms with Crippen LogP contribution in [-0.4, -0.2) is 11.1 Å². The standard InChI is InChI=1S/C9H12N2O/c1-6-8(12-7-2-3-7)4-5-11-9(6)10/h4-5,7H,2-3H2,1H3,(H2,10,11). The second-order valence-corrected chi connectivity index (χ2v) is 3.14. The first-order chi connectivity index (χ1) is 5.77. The zero-order valence-corrected chi connectivity index (χ0v) is 7.08. The van der Waals surface area contributed by atoms with Crippen molar-refractivity contribution in [3.63, 3.8) is 0 Å². The Hall–Kier alpha value is -1.25. The van der Waals surface area contributed by atoms with Crippen molar-refractivity contribution < 1.29 is 4.74 Å². The lowest BCUT2D eigenvalue weighted by molar-refractivity contribution is 0.301. The molecule has 3 nitrogen and oxygen atoms in total. The summed E-state index contributed by atoms with van der Waals surface area (Å²) in [6.07, 6.45) is 4.44. The van der Waals surface area contributed by atoms with E-state index in [1.54, 1.807) is 6.20 Å². The zero-order chi connectivity index (χ0) is 8.55. The van der Waals surface area contributed by atoms with E-state index in [-0.39, 0.29) is 0 Å². The lowest BCUT2D eigenvalue weighted by Gasteiger charge is -2.08. The van der Waals surface area contributed by atoms with Crippen LogP contribution >= 0.6 is 0 Å². The Kier molecular flexibility index (Phi) is 1.64. The van der Waals surface area contributed by atoms with Crippen LogP contribution in [0, 0.1) is 6.92 Å². The first-order valence-corrected chi connectivity index (χ1v) is 4.15. The lowest BCUT2D eigenvalue weighted by atomic mass is 10.2. The lowest BCUT2D eigenvalue weighted by Crippen LogP contribution is -2.01. The van der Waals surface area contributed by atoms with E-state index in [2.05, 4.69) is 4.98 Å². The van der Waals surface area contributed by atoms with E-state index in [1.165, 1.54) is 12.8 Å². The van der Waals surface area contributed by atoms with Crippen molar-refractivity contribution in [2.24, 2.45) is 0 Å². The first-order valence-electron chi connectivity index (χ1n) is 4.15. The fraction of sp³-hybridized carbons (Fsp3) is 0.444. The summed E-state index contributed by atoms with van der Waals surface area (Å²) in [5.74, 6) is 1.44. The second-order valence-electron chi connectivity index (χ2n) is 3.14. The molecule has 1 aromatic rings. The van der Waals surface area contributed by atoms with Crippen LogP contribution in [0.15, 0.2) is 12.3 Å². The SMILES string of the molecule is Cc1c(OC2CC2)ccnc1N. The van der Waals surface area contributed by atoms with Crippen molar-refractivity contribution >= 4 is 5.82 Å². The van der Waals surface area contributed by atoms with Gasteiger partial charge in [-0.05, 0) is 25.8 Å². The molecule has 1 heterocycles. The average Bonchev–Trinajstić information content (AvgIpc) is 2.83. The number of rotatable bonds is 2. The van der Waals surface area contributed by atoms with Crippen LogP contribution in [0.25, 0.3) is 0 Å². The third-order valence-electron chi connectivity index (χ3n) is 2.01. The van der Waals surface area contributed by atoms with Crippen LogP contribution in [0.2, 0.25) is 0 Å². The smallest absolute Gasteiger partial charge is 0.129 e. The summed E-state index contributed by atoms with van der Waals surface area (Å²) in [6.45, 7) is 1.93. The number of anilines is 1. The number of hydrogen-bond donors (Lipinski definition) is 1. The Bertz CT molecular complexity index is 295. The largest absolute Gasteiger partial charge is 0.490 e. The molecule has 0 bridgehead atoms. The van der Waals surface area contributed by atoms with Gasteiger partial charge in [0.15, 0.2) is 0 Å². The molecule has 0 amide bonds. The van der Waals surface area contributed by atoms with Crippen molar-refractivity contribution in [3.8, 4) is 5.75 Å². The number of aromatic nitrogens is 1. The van der Waals surface area contributed by atoms with Crippen molar-refractivity contribution in [1.29, 1.82) is 0 Å². The van der Waals surface area contributed by atoms with Gasteiger partial charge in [0, 0.05) is 11.8 Å². The van der Waals surface area contributed by atoms with Gasteiger partial charge in [-0.1, -0.05) is 0 Å². The Labute approximate surface area is 71.6 Å². The van der Waals surface area contributed by atoms with Gasteiger partial charge in [0.25, 0.3) is 0 Å². The number of hydrogen-bond acceptors (Lipinski definition) is 3. The van der Waals surface area contributed by atoms with E-state index in [0.29, 0.717) is 11.9 Å². The average molecular weight is 164 g/mol. The second kappa shape index (κ2) is 2.66. The van der Waals surface area contributed by atoms with E-state index in [9.17, 15) is 0 Å². The quantitative estimate of drug-likeness (QED) is 0.720. The summed E-state index contributed by atoms with van der Waals surface area (Å²) in [7, 11) is 0. The molecule has 1 aliphatic carbocycles. The molecule has 64 valence electrons. The molecular formula is C9H12N2O. The van der Waals surface area contributed by atoms with E-state index < -0.39 is 0 Å². The van der Waals surface area contributed by atoms with Crippen molar-refractivity contribution in [2.45, 2.75) is 25.9 Å². The van der Waals surface area contributed by atoms with Gasteiger partial charge >= 0.3 is 0 Å². The predicted octanol–water partition coefficient (Wildman–Crippen LogP) is 1.51. The third kappa shape index (κ3) is 1.35. The van der Waals surface area contributed by atoms with Crippen molar-refractivity contribution in [3.05, 3.63) is 17.8 Å². The monoisotopic (exact) mass is 164 g/mol. The molecule has 0 aromatic carbocycles. The summed E-state index contributed by atoms with van der Waals surface area (Å²) < 4.78 is 5.62. The highest BCUT2D eigenvalue weighted by Crippen LogP contribution is 2.29. The molecule has 0 spiro atoms. The van der Waals surface area contributed by atoms with Crippen molar-refractivity contribution in [1.82, 2.24) is 4.98 Å². The minimum Gasteiger partial charge on any atom is -0.490 e. The van der Waals surface area contributed by atoms with E-state index in [4.69, 9.17) is 10.5 Å². The molecule has 2 N–H and O–H groups in total. The molecule has 0 aliphatic heterocycles. The molecule has 1 fully saturated rings. The summed E-state index contributed by atoms with van der Waals surface area (Å²) in [5, 5.41) is 0. The Balaban J connectivity index is 2.23. The van der Waals surface area contributed by atoms with E-state index in [1.807, 2.05) is 13.0 Å². The molecule has 0 atom stereocenters. The van der Waals surface area contributed by atoms with Crippen LogP contribution < -0.4 is 10.5 Å². The molecular weight excluding hydrogens is 152 g/mol. The third-order valence-corrected chi connectivity index (χ3v) is 2.01. The van der Waals surface area contributed by atoms with Gasteiger partial charge in [0.05, 0.1) is 6.10 Å². The van der Waals surface area contributed by atoms with Gasteiger partial charge in [0.1, 0.15) is 11.6 Å². The van der Waals surface area contributed by atoms with Gasteiger partial charge in [-0.25, -0.2) is 4.98 Å². The molecule has 1 aliphatic rings. The van der Waals surface area contributed by atoms with Crippen LogP contribution in [0.3, 0.4) is 0 Å². The maximum absolute atomic E-state index is 5.63. The van der Waals surface area contributed by atoms with Crippen LogP contribution in [0.4, 0.5) is 5.82 Å². The fourth-order valence-corrected chi connectivity index (χ4v) is 1.03.